The van der Waals surface area contributed by atoms with E-state index < -0.39 is 12.0 Å². The minimum atomic E-state index is -0.992. The third-order valence-electron chi connectivity index (χ3n) is 3.70. The van der Waals surface area contributed by atoms with Gasteiger partial charge in [-0.1, -0.05) is 18.2 Å². The van der Waals surface area contributed by atoms with Crippen molar-refractivity contribution in [1.29, 1.82) is 0 Å². The Morgan fingerprint density at radius 1 is 1.38 bits per heavy atom. The van der Waals surface area contributed by atoms with Gasteiger partial charge in [0, 0.05) is 31.2 Å². The van der Waals surface area contributed by atoms with Gasteiger partial charge in [0.15, 0.2) is 0 Å². The summed E-state index contributed by atoms with van der Waals surface area (Å²) in [6, 6.07) is 6.15. The lowest BCUT2D eigenvalue weighted by Gasteiger charge is -2.17. The lowest BCUT2D eigenvalue weighted by atomic mass is 10.1. The molecule has 6 nitrogen and oxygen atoms in total. The number of benzene rings is 1. The Labute approximate surface area is 124 Å². The zero-order chi connectivity index (χ0) is 15.1. The lowest BCUT2D eigenvalue weighted by Crippen LogP contribution is -2.39. The number of hydrogen-bond acceptors (Lipinski definition) is 5. The molecule has 2 atom stereocenters. The Morgan fingerprint density at radius 3 is 2.86 bits per heavy atom. The third-order valence-corrected chi connectivity index (χ3v) is 3.70. The van der Waals surface area contributed by atoms with E-state index in [0.29, 0.717) is 24.7 Å². The Balaban J connectivity index is 1.75. The predicted molar refractivity (Wildman–Crippen MR) is 80.4 cm³/mol. The standard InChI is InChI=1S/C15H23N3O3/c19-13-6-2-1-5-12(13)14(15(20)21)18-9-8-16-10-11-4-3-7-17-11/h1-2,5-6,11,14,16-19H,3-4,7-10H2,(H,20,21). The fourth-order valence-electron chi connectivity index (χ4n) is 2.57. The molecule has 1 aromatic rings. The van der Waals surface area contributed by atoms with Crippen LogP contribution in [0.5, 0.6) is 5.75 Å². The van der Waals surface area contributed by atoms with Crippen molar-refractivity contribution in [3.8, 4) is 5.75 Å². The van der Waals surface area contributed by atoms with E-state index in [1.165, 1.54) is 18.9 Å². The van der Waals surface area contributed by atoms with Crippen LogP contribution in [0.3, 0.4) is 0 Å². The van der Waals surface area contributed by atoms with Gasteiger partial charge in [-0.2, -0.15) is 0 Å². The summed E-state index contributed by atoms with van der Waals surface area (Å²) in [5, 5.41) is 28.7. The number of carbonyl (C=O) groups is 1. The van der Waals surface area contributed by atoms with Crippen LogP contribution in [0, 0.1) is 0 Å². The number of hydrogen-bond donors (Lipinski definition) is 5. The number of phenolic OH excluding ortho intramolecular Hbond substituents is 1. The van der Waals surface area contributed by atoms with E-state index in [0.717, 1.165) is 13.1 Å². The van der Waals surface area contributed by atoms with Gasteiger partial charge in [0.05, 0.1) is 0 Å². The molecule has 0 amide bonds. The summed E-state index contributed by atoms with van der Waals surface area (Å²) in [5.74, 6) is -0.991. The summed E-state index contributed by atoms with van der Waals surface area (Å²) in [4.78, 5) is 11.3. The van der Waals surface area contributed by atoms with Gasteiger partial charge in [0.2, 0.25) is 0 Å². The molecule has 116 valence electrons. The first-order chi connectivity index (χ1) is 10.2. The molecule has 5 N–H and O–H groups in total. The maximum Gasteiger partial charge on any atom is 0.325 e. The number of phenols is 1. The number of aliphatic carboxylic acids is 1. The molecule has 2 unspecified atom stereocenters. The molecule has 1 aromatic carbocycles. The van der Waals surface area contributed by atoms with Crippen molar-refractivity contribution in [1.82, 2.24) is 16.0 Å². The topological polar surface area (TPSA) is 93.6 Å². The first-order valence-electron chi connectivity index (χ1n) is 7.36. The van der Waals surface area contributed by atoms with E-state index in [4.69, 9.17) is 0 Å². The monoisotopic (exact) mass is 293 g/mol. The van der Waals surface area contributed by atoms with Crippen molar-refractivity contribution in [2.75, 3.05) is 26.2 Å². The third kappa shape index (κ3) is 4.70. The molecule has 0 bridgehead atoms. The van der Waals surface area contributed by atoms with Crippen molar-refractivity contribution in [3.05, 3.63) is 29.8 Å². The minimum Gasteiger partial charge on any atom is -0.508 e. The van der Waals surface area contributed by atoms with Gasteiger partial charge < -0.3 is 20.8 Å². The van der Waals surface area contributed by atoms with Crippen LogP contribution >= 0.6 is 0 Å². The Morgan fingerprint density at radius 2 is 2.19 bits per heavy atom. The van der Waals surface area contributed by atoms with Crippen molar-refractivity contribution < 1.29 is 15.0 Å². The highest BCUT2D eigenvalue weighted by atomic mass is 16.4. The quantitative estimate of drug-likeness (QED) is 0.447. The number of nitrogens with one attached hydrogen (secondary N) is 3. The zero-order valence-corrected chi connectivity index (χ0v) is 12.0. The van der Waals surface area contributed by atoms with E-state index in [-0.39, 0.29) is 5.75 Å². The largest absolute Gasteiger partial charge is 0.508 e. The summed E-state index contributed by atoms with van der Waals surface area (Å²) in [5.41, 5.74) is 0.391. The molecule has 0 aromatic heterocycles. The van der Waals surface area contributed by atoms with E-state index in [9.17, 15) is 15.0 Å². The van der Waals surface area contributed by atoms with Gasteiger partial charge in [-0.05, 0) is 25.5 Å². The number of aromatic hydroxyl groups is 1. The molecule has 0 aliphatic carbocycles. The van der Waals surface area contributed by atoms with Gasteiger partial charge in [-0.25, -0.2) is 0 Å². The molecule has 0 spiro atoms. The molecular formula is C15H23N3O3. The number of para-hydroxylation sites is 1. The Hall–Kier alpha value is -1.63. The van der Waals surface area contributed by atoms with Crippen molar-refractivity contribution in [2.24, 2.45) is 0 Å². The van der Waals surface area contributed by atoms with E-state index in [1.54, 1.807) is 18.2 Å². The highest BCUT2D eigenvalue weighted by Gasteiger charge is 2.21. The highest BCUT2D eigenvalue weighted by molar-refractivity contribution is 5.76. The van der Waals surface area contributed by atoms with E-state index >= 15 is 0 Å². The van der Waals surface area contributed by atoms with Gasteiger partial charge in [0.25, 0.3) is 0 Å². The first-order valence-corrected chi connectivity index (χ1v) is 7.36. The summed E-state index contributed by atoms with van der Waals surface area (Å²) in [6.07, 6.45) is 2.41. The zero-order valence-electron chi connectivity index (χ0n) is 12.0. The normalized spacial score (nSPS) is 19.5. The van der Waals surface area contributed by atoms with Crippen molar-refractivity contribution in [2.45, 2.75) is 24.9 Å². The van der Waals surface area contributed by atoms with Crippen LogP contribution in [-0.4, -0.2) is 48.4 Å². The molecular weight excluding hydrogens is 270 g/mol. The van der Waals surface area contributed by atoms with Crippen LogP contribution in [0.15, 0.2) is 24.3 Å². The van der Waals surface area contributed by atoms with Crippen molar-refractivity contribution in [3.63, 3.8) is 0 Å². The molecule has 1 aliphatic rings. The van der Waals surface area contributed by atoms with Crippen LogP contribution in [0.4, 0.5) is 0 Å². The Bertz CT molecular complexity index is 461. The first kappa shape index (κ1) is 15.8. The molecule has 0 radical (unpaired) electrons. The fourth-order valence-corrected chi connectivity index (χ4v) is 2.57. The second-order valence-electron chi connectivity index (χ2n) is 5.28. The minimum absolute atomic E-state index is 0.000477. The molecule has 1 saturated heterocycles. The maximum atomic E-state index is 11.3. The second-order valence-corrected chi connectivity index (χ2v) is 5.28. The van der Waals surface area contributed by atoms with Gasteiger partial charge >= 0.3 is 5.97 Å². The predicted octanol–water partition coefficient (Wildman–Crippen LogP) is 0.449. The summed E-state index contributed by atoms with van der Waals surface area (Å²) in [7, 11) is 0. The van der Waals surface area contributed by atoms with E-state index in [1.807, 2.05) is 0 Å². The van der Waals surface area contributed by atoms with Crippen LogP contribution in [0.25, 0.3) is 0 Å². The highest BCUT2D eigenvalue weighted by Crippen LogP contribution is 2.23. The van der Waals surface area contributed by atoms with E-state index in [2.05, 4.69) is 16.0 Å². The van der Waals surface area contributed by atoms with Crippen LogP contribution < -0.4 is 16.0 Å². The molecule has 1 heterocycles. The SMILES string of the molecule is O=C(O)C(NCCNCC1CCCN1)c1ccccc1O. The lowest BCUT2D eigenvalue weighted by molar-refractivity contribution is -0.139. The maximum absolute atomic E-state index is 11.3. The van der Waals surface area contributed by atoms with Gasteiger partial charge in [-0.15, -0.1) is 0 Å². The fraction of sp³-hybridized carbons (Fsp3) is 0.533. The molecule has 1 aliphatic heterocycles. The van der Waals surface area contributed by atoms with Crippen LogP contribution in [0.1, 0.15) is 24.4 Å². The number of carboxylic acids is 1. The summed E-state index contributed by atoms with van der Waals surface area (Å²) in [6.45, 7) is 3.20. The van der Waals surface area contributed by atoms with Gasteiger partial charge in [-0.3, -0.25) is 10.1 Å². The van der Waals surface area contributed by atoms with Crippen molar-refractivity contribution >= 4 is 5.97 Å². The molecule has 6 heteroatoms. The van der Waals surface area contributed by atoms with Crippen LogP contribution in [0.2, 0.25) is 0 Å². The smallest absolute Gasteiger partial charge is 0.325 e. The summed E-state index contributed by atoms with van der Waals surface area (Å²) >= 11 is 0. The van der Waals surface area contributed by atoms with Crippen LogP contribution in [-0.2, 0) is 4.79 Å². The molecule has 1 fully saturated rings. The molecule has 21 heavy (non-hydrogen) atoms. The van der Waals surface area contributed by atoms with Gasteiger partial charge in [0.1, 0.15) is 11.8 Å². The number of rotatable bonds is 8. The second kappa shape index (κ2) is 7.97. The molecule has 2 rings (SSSR count). The summed E-state index contributed by atoms with van der Waals surface area (Å²) < 4.78 is 0. The molecule has 0 saturated carbocycles. The average molecular weight is 293 g/mol. The average Bonchev–Trinajstić information content (AvgIpc) is 2.97. The number of carboxylic acid groups (broad SMARTS) is 1. The Kier molecular flexibility index (Phi) is 5.98.